The van der Waals surface area contributed by atoms with Gasteiger partial charge in [-0.1, -0.05) is 42.5 Å². The zero-order valence-electron chi connectivity index (χ0n) is 11.1. The maximum absolute atomic E-state index is 13.6. The number of thiazole rings is 1. The molecule has 0 aliphatic carbocycles. The summed E-state index contributed by atoms with van der Waals surface area (Å²) in [6.07, 6.45) is 0.470. The van der Waals surface area contributed by atoms with E-state index in [9.17, 15) is 4.39 Å². The first-order valence-corrected chi connectivity index (χ1v) is 7.33. The van der Waals surface area contributed by atoms with Crippen molar-refractivity contribution in [2.24, 2.45) is 0 Å². The van der Waals surface area contributed by atoms with Gasteiger partial charge in [0, 0.05) is 17.4 Å². The molecule has 4 heteroatoms. The van der Waals surface area contributed by atoms with Crippen LogP contribution in [0.5, 0.6) is 0 Å². The van der Waals surface area contributed by atoms with Gasteiger partial charge in [0.15, 0.2) is 0 Å². The number of nitrogens with zero attached hydrogens (tertiary/aromatic N) is 2. The lowest BCUT2D eigenvalue weighted by atomic mass is 10.1. The normalized spacial score (nSPS) is 10.3. The summed E-state index contributed by atoms with van der Waals surface area (Å²) in [5.41, 5.74) is 2.74. The second-order valence-corrected chi connectivity index (χ2v) is 5.50. The summed E-state index contributed by atoms with van der Waals surface area (Å²) in [5.74, 6) is -0.477. The van der Waals surface area contributed by atoms with Crippen molar-refractivity contribution in [1.29, 1.82) is 5.26 Å². The molecule has 1 heterocycles. The van der Waals surface area contributed by atoms with Gasteiger partial charge in [-0.05, 0) is 11.6 Å². The van der Waals surface area contributed by atoms with E-state index >= 15 is 0 Å². The predicted octanol–water partition coefficient (Wildman–Crippen LogP) is 4.41. The van der Waals surface area contributed by atoms with Crippen molar-refractivity contribution < 1.29 is 4.39 Å². The average molecular weight is 294 g/mol. The molecule has 0 fully saturated rings. The lowest BCUT2D eigenvalue weighted by Gasteiger charge is -2.02. The summed E-state index contributed by atoms with van der Waals surface area (Å²) in [6.45, 7) is 0. The molecular weight excluding hydrogens is 283 g/mol. The Labute approximate surface area is 126 Å². The highest BCUT2D eigenvalue weighted by Gasteiger charge is 2.11. The monoisotopic (exact) mass is 294 g/mol. The van der Waals surface area contributed by atoms with Gasteiger partial charge in [-0.3, -0.25) is 0 Å². The topological polar surface area (TPSA) is 36.7 Å². The van der Waals surface area contributed by atoms with Gasteiger partial charge in [0.1, 0.15) is 11.9 Å². The first-order valence-electron chi connectivity index (χ1n) is 6.45. The van der Waals surface area contributed by atoms with Crippen LogP contribution >= 0.6 is 11.3 Å². The van der Waals surface area contributed by atoms with Crippen molar-refractivity contribution in [1.82, 2.24) is 4.98 Å². The molecule has 3 rings (SSSR count). The highest BCUT2D eigenvalue weighted by atomic mass is 32.1. The molecule has 0 saturated carbocycles. The Balaban J connectivity index is 1.89. The fraction of sp³-hybridized carbons (Fsp3) is 0.0588. The van der Waals surface area contributed by atoms with E-state index in [4.69, 9.17) is 5.26 Å². The quantitative estimate of drug-likeness (QED) is 0.717. The van der Waals surface area contributed by atoms with Crippen LogP contribution in [0, 0.1) is 17.1 Å². The molecule has 21 heavy (non-hydrogen) atoms. The summed E-state index contributed by atoms with van der Waals surface area (Å²) in [4.78, 5) is 4.57. The highest BCUT2D eigenvalue weighted by Crippen LogP contribution is 2.24. The smallest absolute Gasteiger partial charge is 0.141 e. The number of hydrogen-bond acceptors (Lipinski definition) is 3. The van der Waals surface area contributed by atoms with Gasteiger partial charge in [0.2, 0.25) is 0 Å². The fourth-order valence-corrected chi connectivity index (χ4v) is 2.96. The van der Waals surface area contributed by atoms with Crippen LogP contribution in [-0.4, -0.2) is 4.98 Å². The lowest BCUT2D eigenvalue weighted by molar-refractivity contribution is 0.622. The molecule has 0 aliphatic rings. The zero-order chi connectivity index (χ0) is 14.7. The molecule has 1 aromatic heterocycles. The van der Waals surface area contributed by atoms with Gasteiger partial charge in [-0.15, -0.1) is 11.3 Å². The van der Waals surface area contributed by atoms with Crippen LogP contribution in [0.3, 0.4) is 0 Å². The van der Waals surface area contributed by atoms with Gasteiger partial charge in [0.25, 0.3) is 0 Å². The predicted molar refractivity (Wildman–Crippen MR) is 81.5 cm³/mol. The summed E-state index contributed by atoms with van der Waals surface area (Å²) < 4.78 is 13.6. The molecule has 3 aromatic rings. The maximum Gasteiger partial charge on any atom is 0.141 e. The Hall–Kier alpha value is -2.51. The standard InChI is InChI=1S/C17H11FN2S/c18-15-8-4-7-13(14(15)10-19)9-17-20-16(11-21-17)12-5-2-1-3-6-12/h1-8,11H,9H2. The number of aromatic nitrogens is 1. The van der Waals surface area contributed by atoms with Crippen molar-refractivity contribution in [3.63, 3.8) is 0 Å². The average Bonchev–Trinajstić information content (AvgIpc) is 2.97. The van der Waals surface area contributed by atoms with Crippen LogP contribution in [0.25, 0.3) is 11.3 Å². The van der Waals surface area contributed by atoms with E-state index in [0.29, 0.717) is 12.0 Å². The van der Waals surface area contributed by atoms with Crippen LogP contribution in [0.2, 0.25) is 0 Å². The second kappa shape index (κ2) is 5.86. The molecule has 0 atom stereocenters. The van der Waals surface area contributed by atoms with Gasteiger partial charge in [0.05, 0.1) is 16.3 Å². The van der Waals surface area contributed by atoms with E-state index < -0.39 is 5.82 Å². The lowest BCUT2D eigenvalue weighted by Crippen LogP contribution is -1.95. The van der Waals surface area contributed by atoms with E-state index in [-0.39, 0.29) is 5.56 Å². The number of nitriles is 1. The molecular formula is C17H11FN2S. The van der Waals surface area contributed by atoms with Crippen molar-refractivity contribution in [2.75, 3.05) is 0 Å². The van der Waals surface area contributed by atoms with Gasteiger partial charge < -0.3 is 0 Å². The fourth-order valence-electron chi connectivity index (χ4n) is 2.14. The highest BCUT2D eigenvalue weighted by molar-refractivity contribution is 7.10. The van der Waals surface area contributed by atoms with Gasteiger partial charge in [-0.25, -0.2) is 9.37 Å². The molecule has 0 N–H and O–H groups in total. The van der Waals surface area contributed by atoms with Gasteiger partial charge in [-0.2, -0.15) is 5.26 Å². The first-order chi connectivity index (χ1) is 10.3. The largest absolute Gasteiger partial charge is 0.241 e. The maximum atomic E-state index is 13.6. The molecule has 2 aromatic carbocycles. The molecule has 0 radical (unpaired) electrons. The van der Waals surface area contributed by atoms with Crippen LogP contribution in [-0.2, 0) is 6.42 Å². The molecule has 0 bridgehead atoms. The van der Waals surface area contributed by atoms with Crippen LogP contribution in [0.4, 0.5) is 4.39 Å². The summed E-state index contributed by atoms with van der Waals surface area (Å²) >= 11 is 1.52. The van der Waals surface area contributed by atoms with E-state index in [1.54, 1.807) is 12.1 Å². The zero-order valence-corrected chi connectivity index (χ0v) is 11.9. The van der Waals surface area contributed by atoms with Crippen LogP contribution in [0.1, 0.15) is 16.1 Å². The minimum Gasteiger partial charge on any atom is -0.241 e. The van der Waals surface area contributed by atoms with Crippen molar-refractivity contribution in [3.8, 4) is 17.3 Å². The molecule has 102 valence electrons. The van der Waals surface area contributed by atoms with Crippen molar-refractivity contribution in [2.45, 2.75) is 6.42 Å². The molecule has 0 unspecified atom stereocenters. The molecule has 0 amide bonds. The third-order valence-corrected chi connectivity index (χ3v) is 4.02. The van der Waals surface area contributed by atoms with E-state index in [1.165, 1.54) is 17.4 Å². The second-order valence-electron chi connectivity index (χ2n) is 4.56. The van der Waals surface area contributed by atoms with Crippen molar-refractivity contribution in [3.05, 3.63) is 75.9 Å². The van der Waals surface area contributed by atoms with Crippen LogP contribution < -0.4 is 0 Å². The van der Waals surface area contributed by atoms with E-state index in [2.05, 4.69) is 4.98 Å². The summed E-state index contributed by atoms with van der Waals surface area (Å²) in [5, 5.41) is 11.9. The SMILES string of the molecule is N#Cc1c(F)cccc1Cc1nc(-c2ccccc2)cs1. The number of benzene rings is 2. The molecule has 0 spiro atoms. The molecule has 0 aliphatic heterocycles. The first kappa shape index (κ1) is 13.5. The van der Waals surface area contributed by atoms with Crippen molar-refractivity contribution >= 4 is 11.3 Å². The van der Waals surface area contributed by atoms with Crippen LogP contribution in [0.15, 0.2) is 53.9 Å². The Morgan fingerprint density at radius 2 is 1.90 bits per heavy atom. The van der Waals surface area contributed by atoms with Gasteiger partial charge >= 0.3 is 0 Å². The Morgan fingerprint density at radius 3 is 2.67 bits per heavy atom. The molecule has 0 saturated heterocycles. The Bertz CT molecular complexity index is 803. The Morgan fingerprint density at radius 1 is 1.10 bits per heavy atom. The molecule has 2 nitrogen and oxygen atoms in total. The number of hydrogen-bond donors (Lipinski definition) is 0. The number of halogens is 1. The Kier molecular flexibility index (Phi) is 3.76. The summed E-state index contributed by atoms with van der Waals surface area (Å²) in [6, 6.07) is 16.5. The summed E-state index contributed by atoms with van der Waals surface area (Å²) in [7, 11) is 0. The minimum atomic E-state index is -0.477. The van der Waals surface area contributed by atoms with E-state index in [1.807, 2.05) is 41.8 Å². The number of rotatable bonds is 3. The van der Waals surface area contributed by atoms with E-state index in [0.717, 1.165) is 16.3 Å². The third-order valence-electron chi connectivity index (χ3n) is 3.17. The third kappa shape index (κ3) is 2.83. The minimum absolute atomic E-state index is 0.106.